The number of carboxylic acids is 1. The Labute approximate surface area is 185 Å². The minimum Gasteiger partial charge on any atom is -0.478 e. The lowest BCUT2D eigenvalue weighted by molar-refractivity contribution is 0.0696. The average Bonchev–Trinajstić information content (AvgIpc) is 3.35. The van der Waals surface area contributed by atoms with Crippen molar-refractivity contribution in [2.45, 2.75) is 83.0 Å². The standard InChI is InChI=1S/C28H33NO2/c1-17-12-22-23(27(4,5)11-10-26(22,2)3)14-21(17)28-9-8-18(24(28)15-28)13-20-7-6-19(16-29-20)25(30)31/h6-7,12-14,16,24H,8-11,15H2,1-5H3,(H,30,31)/b18-13+. The molecule has 0 bridgehead atoms. The van der Waals surface area contributed by atoms with Gasteiger partial charge in [-0.25, -0.2) is 4.79 Å². The van der Waals surface area contributed by atoms with Crippen molar-refractivity contribution < 1.29 is 9.90 Å². The summed E-state index contributed by atoms with van der Waals surface area (Å²) in [5.74, 6) is -0.326. The van der Waals surface area contributed by atoms with Crippen LogP contribution >= 0.6 is 0 Å². The summed E-state index contributed by atoms with van der Waals surface area (Å²) in [5.41, 5.74) is 9.51. The van der Waals surface area contributed by atoms with E-state index in [9.17, 15) is 4.79 Å². The fraction of sp³-hybridized carbons (Fsp3) is 0.500. The fourth-order valence-electron chi connectivity index (χ4n) is 6.28. The lowest BCUT2D eigenvalue weighted by Crippen LogP contribution is -2.34. The number of nitrogens with zero attached hydrogens (tertiary/aromatic N) is 1. The molecule has 31 heavy (non-hydrogen) atoms. The van der Waals surface area contributed by atoms with Crippen molar-refractivity contribution in [1.82, 2.24) is 4.98 Å². The van der Waals surface area contributed by atoms with Gasteiger partial charge < -0.3 is 5.11 Å². The molecule has 3 aliphatic rings. The zero-order valence-electron chi connectivity index (χ0n) is 19.4. The van der Waals surface area contributed by atoms with Crippen LogP contribution < -0.4 is 0 Å². The van der Waals surface area contributed by atoms with Crippen LogP contribution in [0.5, 0.6) is 0 Å². The van der Waals surface area contributed by atoms with Crippen molar-refractivity contribution in [2.24, 2.45) is 5.92 Å². The maximum Gasteiger partial charge on any atom is 0.337 e. The van der Waals surface area contributed by atoms with E-state index in [1.54, 1.807) is 22.8 Å². The number of fused-ring (bicyclic) bond motifs is 2. The molecular weight excluding hydrogens is 382 g/mol. The van der Waals surface area contributed by atoms with E-state index in [-0.39, 0.29) is 16.4 Å². The summed E-state index contributed by atoms with van der Waals surface area (Å²) in [6.45, 7) is 11.9. The molecule has 2 saturated carbocycles. The maximum atomic E-state index is 11.1. The number of benzene rings is 1. The molecular formula is C28H33NO2. The van der Waals surface area contributed by atoms with Gasteiger partial charge in [-0.3, -0.25) is 4.98 Å². The first-order chi connectivity index (χ1) is 14.5. The first-order valence-corrected chi connectivity index (χ1v) is 11.6. The van der Waals surface area contributed by atoms with Gasteiger partial charge in [0.15, 0.2) is 0 Å². The molecule has 0 spiro atoms. The predicted octanol–water partition coefficient (Wildman–Crippen LogP) is 6.57. The third-order valence-electron chi connectivity index (χ3n) is 8.48. The highest BCUT2D eigenvalue weighted by atomic mass is 16.4. The second-order valence-corrected chi connectivity index (χ2v) is 11.4. The number of pyridine rings is 1. The zero-order chi connectivity index (χ0) is 22.2. The van der Waals surface area contributed by atoms with Gasteiger partial charge in [-0.1, -0.05) is 45.4 Å². The van der Waals surface area contributed by atoms with Crippen LogP contribution in [0.1, 0.15) is 98.1 Å². The topological polar surface area (TPSA) is 50.2 Å². The number of carboxylic acid groups (broad SMARTS) is 1. The van der Waals surface area contributed by atoms with E-state index in [2.05, 4.69) is 57.8 Å². The highest BCUT2D eigenvalue weighted by Gasteiger charge is 2.60. The fourth-order valence-corrected chi connectivity index (χ4v) is 6.28. The Morgan fingerprint density at radius 1 is 1.03 bits per heavy atom. The summed E-state index contributed by atoms with van der Waals surface area (Å²) in [5, 5.41) is 9.09. The van der Waals surface area contributed by atoms with Crippen LogP contribution in [0, 0.1) is 12.8 Å². The van der Waals surface area contributed by atoms with Gasteiger partial charge in [0, 0.05) is 11.6 Å². The number of aromatic carboxylic acids is 1. The monoisotopic (exact) mass is 415 g/mol. The third kappa shape index (κ3) is 3.16. The van der Waals surface area contributed by atoms with E-state index < -0.39 is 5.97 Å². The normalized spacial score (nSPS) is 28.8. The summed E-state index contributed by atoms with van der Waals surface area (Å²) in [6, 6.07) is 8.56. The number of hydrogen-bond acceptors (Lipinski definition) is 2. The quantitative estimate of drug-likeness (QED) is 0.616. The van der Waals surface area contributed by atoms with Crippen LogP contribution in [0.2, 0.25) is 0 Å². The lowest BCUT2D eigenvalue weighted by atomic mass is 9.62. The molecule has 1 aromatic carbocycles. The Morgan fingerprint density at radius 3 is 2.29 bits per heavy atom. The van der Waals surface area contributed by atoms with E-state index >= 15 is 0 Å². The minimum atomic E-state index is -0.928. The molecule has 1 heterocycles. The number of carbonyl (C=O) groups is 1. The third-order valence-corrected chi connectivity index (χ3v) is 8.48. The van der Waals surface area contributed by atoms with Crippen molar-refractivity contribution in [1.29, 1.82) is 0 Å². The Balaban J connectivity index is 1.48. The molecule has 2 unspecified atom stereocenters. The van der Waals surface area contributed by atoms with Gasteiger partial charge in [0.05, 0.1) is 11.3 Å². The molecule has 2 fully saturated rings. The van der Waals surface area contributed by atoms with E-state index in [4.69, 9.17) is 5.11 Å². The first kappa shape index (κ1) is 20.5. The highest BCUT2D eigenvalue weighted by molar-refractivity contribution is 5.87. The summed E-state index contributed by atoms with van der Waals surface area (Å²) in [4.78, 5) is 15.4. The van der Waals surface area contributed by atoms with Crippen molar-refractivity contribution in [2.75, 3.05) is 0 Å². The minimum absolute atomic E-state index is 0.238. The summed E-state index contributed by atoms with van der Waals surface area (Å²) in [7, 11) is 0. The molecule has 2 aromatic rings. The number of aryl methyl sites for hydroxylation is 1. The Kier molecular flexibility index (Phi) is 4.32. The average molecular weight is 416 g/mol. The number of aromatic nitrogens is 1. The van der Waals surface area contributed by atoms with E-state index in [1.165, 1.54) is 43.0 Å². The zero-order valence-corrected chi connectivity index (χ0v) is 19.4. The van der Waals surface area contributed by atoms with Crippen LogP contribution in [0.3, 0.4) is 0 Å². The van der Waals surface area contributed by atoms with Gasteiger partial charge >= 0.3 is 5.97 Å². The van der Waals surface area contributed by atoms with E-state index in [0.717, 1.165) is 12.1 Å². The van der Waals surface area contributed by atoms with Crippen LogP contribution in [0.4, 0.5) is 0 Å². The smallest absolute Gasteiger partial charge is 0.337 e. The second kappa shape index (κ2) is 6.54. The SMILES string of the molecule is Cc1cc2c(cc1C13CC/C(=C\c4ccc(C(=O)O)cn4)C1C3)C(C)(C)CCC2(C)C. The van der Waals surface area contributed by atoms with Crippen LogP contribution in [-0.2, 0) is 16.2 Å². The van der Waals surface area contributed by atoms with Crippen LogP contribution in [-0.4, -0.2) is 16.1 Å². The molecule has 162 valence electrons. The number of allylic oxidation sites excluding steroid dienone is 1. The van der Waals surface area contributed by atoms with E-state index in [1.807, 2.05) is 6.07 Å². The van der Waals surface area contributed by atoms with Gasteiger partial charge in [0.1, 0.15) is 0 Å². The molecule has 3 nitrogen and oxygen atoms in total. The van der Waals surface area contributed by atoms with Crippen LogP contribution in [0.15, 0.2) is 36.0 Å². The summed E-state index contributed by atoms with van der Waals surface area (Å²) >= 11 is 0. The molecule has 3 aliphatic carbocycles. The largest absolute Gasteiger partial charge is 0.478 e. The summed E-state index contributed by atoms with van der Waals surface area (Å²) < 4.78 is 0. The first-order valence-electron chi connectivity index (χ1n) is 11.6. The van der Waals surface area contributed by atoms with Crippen molar-refractivity contribution in [3.63, 3.8) is 0 Å². The van der Waals surface area contributed by atoms with Gasteiger partial charge in [0.25, 0.3) is 0 Å². The molecule has 3 heteroatoms. The molecule has 0 amide bonds. The predicted molar refractivity (Wildman–Crippen MR) is 125 cm³/mol. The van der Waals surface area contributed by atoms with Crippen molar-refractivity contribution >= 4 is 12.0 Å². The second-order valence-electron chi connectivity index (χ2n) is 11.4. The van der Waals surface area contributed by atoms with Gasteiger partial charge in [0.2, 0.25) is 0 Å². The Hall–Kier alpha value is -2.42. The Morgan fingerprint density at radius 2 is 1.71 bits per heavy atom. The lowest BCUT2D eigenvalue weighted by Gasteiger charge is -2.43. The van der Waals surface area contributed by atoms with Crippen LogP contribution in [0.25, 0.3) is 6.08 Å². The van der Waals surface area contributed by atoms with E-state index in [0.29, 0.717) is 11.3 Å². The van der Waals surface area contributed by atoms with Crippen molar-refractivity contribution in [3.05, 3.63) is 69.5 Å². The van der Waals surface area contributed by atoms with Crippen molar-refractivity contribution in [3.8, 4) is 0 Å². The number of rotatable bonds is 3. The Bertz CT molecular complexity index is 1110. The molecule has 1 N–H and O–H groups in total. The molecule has 5 rings (SSSR count). The molecule has 0 saturated heterocycles. The van der Waals surface area contributed by atoms with Gasteiger partial charge in [-0.05, 0) is 96.2 Å². The molecule has 2 atom stereocenters. The number of hydrogen-bond donors (Lipinski definition) is 1. The highest BCUT2D eigenvalue weighted by Crippen LogP contribution is 2.68. The molecule has 1 aromatic heterocycles. The maximum absolute atomic E-state index is 11.1. The van der Waals surface area contributed by atoms with Gasteiger partial charge in [-0.15, -0.1) is 0 Å². The molecule has 0 aliphatic heterocycles. The molecule has 0 radical (unpaired) electrons. The summed E-state index contributed by atoms with van der Waals surface area (Å²) in [6.07, 6.45) is 9.70. The van der Waals surface area contributed by atoms with Gasteiger partial charge in [-0.2, -0.15) is 0 Å².